The predicted molar refractivity (Wildman–Crippen MR) is 120 cm³/mol. The first-order valence-corrected chi connectivity index (χ1v) is 11.5. The summed E-state index contributed by atoms with van der Waals surface area (Å²) in [5.74, 6) is 0.243. The first-order chi connectivity index (χ1) is 16.6. The highest BCUT2D eigenvalue weighted by Crippen LogP contribution is 2.64. The molecule has 1 saturated carbocycles. The van der Waals surface area contributed by atoms with Crippen LogP contribution in [0.4, 0.5) is 13.2 Å². The van der Waals surface area contributed by atoms with Gasteiger partial charge in [-0.05, 0) is 43.2 Å². The molecular formula is C25H23F3N4O3. The summed E-state index contributed by atoms with van der Waals surface area (Å²) in [6.45, 7) is 5.12. The number of aromatic nitrogens is 3. The first-order valence-electron chi connectivity index (χ1n) is 11.5. The van der Waals surface area contributed by atoms with E-state index in [0.717, 1.165) is 11.8 Å². The zero-order valence-electron chi connectivity index (χ0n) is 19.2. The number of fused-ring (bicyclic) bond motifs is 4. The third-order valence-corrected chi connectivity index (χ3v) is 7.89. The fourth-order valence-electron chi connectivity index (χ4n) is 5.86. The van der Waals surface area contributed by atoms with Crippen molar-refractivity contribution in [3.8, 4) is 11.4 Å². The van der Waals surface area contributed by atoms with Crippen molar-refractivity contribution in [2.45, 2.75) is 32.0 Å². The zero-order valence-corrected chi connectivity index (χ0v) is 19.2. The molecule has 7 nitrogen and oxygen atoms in total. The highest BCUT2D eigenvalue weighted by Gasteiger charge is 2.67. The van der Waals surface area contributed by atoms with Gasteiger partial charge in [0.05, 0.1) is 24.2 Å². The number of hydrogen-bond acceptors (Lipinski definition) is 4. The van der Waals surface area contributed by atoms with Gasteiger partial charge in [0.1, 0.15) is 17.1 Å². The number of imidazole rings is 1. The Hall–Kier alpha value is -3.56. The van der Waals surface area contributed by atoms with Gasteiger partial charge in [0.15, 0.2) is 0 Å². The molecule has 0 radical (unpaired) electrons. The largest absolute Gasteiger partial charge is 0.493 e. The van der Waals surface area contributed by atoms with Gasteiger partial charge >= 0.3 is 6.18 Å². The summed E-state index contributed by atoms with van der Waals surface area (Å²) in [4.78, 5) is 32.4. The van der Waals surface area contributed by atoms with E-state index in [1.54, 1.807) is 34.1 Å². The lowest BCUT2D eigenvalue weighted by molar-refractivity contribution is -0.137. The van der Waals surface area contributed by atoms with Gasteiger partial charge in [0, 0.05) is 42.7 Å². The second kappa shape index (κ2) is 7.22. The Kier molecular flexibility index (Phi) is 4.53. The number of ether oxygens (including phenoxy) is 1. The van der Waals surface area contributed by atoms with Crippen molar-refractivity contribution in [2.75, 3.05) is 19.7 Å². The number of amides is 1. The number of aryl methyl sites for hydroxylation is 1. The molecule has 4 heterocycles. The summed E-state index contributed by atoms with van der Waals surface area (Å²) in [5.41, 5.74) is 0.367. The maximum atomic E-state index is 13.5. The molecule has 35 heavy (non-hydrogen) atoms. The van der Waals surface area contributed by atoms with Crippen molar-refractivity contribution in [2.24, 2.45) is 11.8 Å². The lowest BCUT2D eigenvalue weighted by Crippen LogP contribution is -2.48. The SMILES string of the molecule is Cc1cn(-c2ccc3n(c2=O)CCN(CC24c5cc(C(F)(F)F)ccc5OCC2C4C)C3=O)cn1. The van der Waals surface area contributed by atoms with E-state index in [4.69, 9.17) is 4.74 Å². The Labute approximate surface area is 198 Å². The summed E-state index contributed by atoms with van der Waals surface area (Å²) in [7, 11) is 0. The number of carbonyl (C=O) groups is 1. The molecule has 1 fully saturated rings. The fraction of sp³-hybridized carbons (Fsp3) is 0.400. The standard InChI is InChI=1S/C25H23F3N4O3/c1-14-10-31(13-29-14)19-4-5-20-22(33)30(7-8-32(20)23(19)34)12-24-15(2)18(24)11-35-21-6-3-16(9-17(21)24)25(26,27)28/h3-6,9-10,13,15,18H,7-8,11-12H2,1-2H3. The molecule has 3 aliphatic rings. The van der Waals surface area contributed by atoms with Crippen LogP contribution in [0, 0.1) is 18.8 Å². The third-order valence-electron chi connectivity index (χ3n) is 7.89. The summed E-state index contributed by atoms with van der Waals surface area (Å²) in [5, 5.41) is 0. The molecule has 0 spiro atoms. The van der Waals surface area contributed by atoms with Gasteiger partial charge in [-0.25, -0.2) is 4.98 Å². The van der Waals surface area contributed by atoms with Crippen LogP contribution < -0.4 is 10.3 Å². The molecule has 0 N–H and O–H groups in total. The summed E-state index contributed by atoms with van der Waals surface area (Å²) >= 11 is 0. The van der Waals surface area contributed by atoms with Gasteiger partial charge in [-0.1, -0.05) is 6.92 Å². The average Bonchev–Trinajstić information content (AvgIpc) is 3.15. The van der Waals surface area contributed by atoms with Crippen LogP contribution in [0.5, 0.6) is 5.75 Å². The van der Waals surface area contributed by atoms with Gasteiger partial charge in [0.2, 0.25) is 0 Å². The minimum Gasteiger partial charge on any atom is -0.493 e. The molecule has 10 heteroatoms. The van der Waals surface area contributed by atoms with Gasteiger partial charge < -0.3 is 18.8 Å². The van der Waals surface area contributed by atoms with Crippen molar-refractivity contribution < 1.29 is 22.7 Å². The van der Waals surface area contributed by atoms with Crippen LogP contribution in [0.25, 0.3) is 5.69 Å². The number of halogens is 3. The van der Waals surface area contributed by atoms with Crippen LogP contribution >= 0.6 is 0 Å². The number of alkyl halides is 3. The average molecular weight is 484 g/mol. The van der Waals surface area contributed by atoms with E-state index in [2.05, 4.69) is 4.98 Å². The van der Waals surface area contributed by atoms with Crippen LogP contribution in [-0.4, -0.2) is 44.6 Å². The van der Waals surface area contributed by atoms with Crippen LogP contribution in [0.3, 0.4) is 0 Å². The topological polar surface area (TPSA) is 69.4 Å². The number of nitrogens with zero attached hydrogens (tertiary/aromatic N) is 4. The molecule has 2 aromatic heterocycles. The van der Waals surface area contributed by atoms with Gasteiger partial charge in [-0.2, -0.15) is 13.2 Å². The predicted octanol–water partition coefficient (Wildman–Crippen LogP) is 3.41. The summed E-state index contributed by atoms with van der Waals surface area (Å²) < 4.78 is 49.2. The van der Waals surface area contributed by atoms with Crippen LogP contribution in [0.15, 0.2) is 47.7 Å². The van der Waals surface area contributed by atoms with Gasteiger partial charge in [-0.15, -0.1) is 0 Å². The Morgan fingerprint density at radius 1 is 1.17 bits per heavy atom. The molecule has 2 aliphatic heterocycles. The molecule has 6 rings (SSSR count). The van der Waals surface area contributed by atoms with Crippen LogP contribution in [-0.2, 0) is 18.1 Å². The molecule has 1 aliphatic carbocycles. The van der Waals surface area contributed by atoms with E-state index in [-0.39, 0.29) is 35.5 Å². The van der Waals surface area contributed by atoms with E-state index in [0.29, 0.717) is 36.7 Å². The molecule has 1 aromatic carbocycles. The van der Waals surface area contributed by atoms with E-state index in [1.807, 2.05) is 13.8 Å². The number of benzene rings is 1. The molecule has 0 saturated heterocycles. The minimum absolute atomic E-state index is 0.0299. The van der Waals surface area contributed by atoms with Crippen LogP contribution in [0.1, 0.15) is 34.2 Å². The van der Waals surface area contributed by atoms with Crippen molar-refractivity contribution in [1.82, 2.24) is 19.0 Å². The minimum atomic E-state index is -4.46. The molecule has 0 bridgehead atoms. The number of pyridine rings is 1. The molecule has 182 valence electrons. The smallest absolute Gasteiger partial charge is 0.416 e. The molecule has 3 aromatic rings. The Morgan fingerprint density at radius 3 is 2.69 bits per heavy atom. The monoisotopic (exact) mass is 484 g/mol. The zero-order chi connectivity index (χ0) is 24.7. The lowest BCUT2D eigenvalue weighted by atomic mass is 9.87. The van der Waals surface area contributed by atoms with Crippen molar-refractivity contribution >= 4 is 5.91 Å². The second-order valence-corrected chi connectivity index (χ2v) is 9.66. The van der Waals surface area contributed by atoms with Crippen molar-refractivity contribution in [3.63, 3.8) is 0 Å². The highest BCUT2D eigenvalue weighted by molar-refractivity contribution is 5.93. The van der Waals surface area contributed by atoms with Gasteiger partial charge in [0.25, 0.3) is 11.5 Å². The number of carbonyl (C=O) groups excluding carboxylic acids is 1. The van der Waals surface area contributed by atoms with E-state index < -0.39 is 17.2 Å². The molecule has 3 unspecified atom stereocenters. The van der Waals surface area contributed by atoms with Crippen LogP contribution in [0.2, 0.25) is 0 Å². The molecule has 1 amide bonds. The summed E-state index contributed by atoms with van der Waals surface area (Å²) in [6, 6.07) is 6.83. The Bertz CT molecular complexity index is 1430. The second-order valence-electron chi connectivity index (χ2n) is 9.66. The lowest BCUT2D eigenvalue weighted by Gasteiger charge is -2.35. The van der Waals surface area contributed by atoms with E-state index >= 15 is 0 Å². The number of hydrogen-bond donors (Lipinski definition) is 0. The maximum absolute atomic E-state index is 13.5. The maximum Gasteiger partial charge on any atom is 0.416 e. The van der Waals surface area contributed by atoms with Crippen molar-refractivity contribution in [1.29, 1.82) is 0 Å². The third kappa shape index (κ3) is 3.15. The molecular weight excluding hydrogens is 461 g/mol. The van der Waals surface area contributed by atoms with E-state index in [9.17, 15) is 22.8 Å². The Morgan fingerprint density at radius 2 is 1.97 bits per heavy atom. The number of rotatable bonds is 3. The fourth-order valence-corrected chi connectivity index (χ4v) is 5.86. The highest BCUT2D eigenvalue weighted by atomic mass is 19.4. The first kappa shape index (κ1) is 21.9. The molecule has 3 atom stereocenters. The normalized spacial score (nSPS) is 24.9. The van der Waals surface area contributed by atoms with Gasteiger partial charge in [-0.3, -0.25) is 9.59 Å². The van der Waals surface area contributed by atoms with Crippen molar-refractivity contribution in [3.05, 3.63) is 75.7 Å². The quantitative estimate of drug-likeness (QED) is 0.572. The Balaban J connectivity index is 1.34. The van der Waals surface area contributed by atoms with E-state index in [1.165, 1.54) is 16.7 Å². The summed E-state index contributed by atoms with van der Waals surface area (Å²) in [6.07, 6.45) is -1.17.